The van der Waals surface area contributed by atoms with E-state index in [1.165, 1.54) is 4.90 Å². The first kappa shape index (κ1) is 16.2. The van der Waals surface area contributed by atoms with Crippen molar-refractivity contribution in [1.82, 2.24) is 10.2 Å². The van der Waals surface area contributed by atoms with E-state index >= 15 is 0 Å². The summed E-state index contributed by atoms with van der Waals surface area (Å²) in [4.78, 5) is 25.2. The van der Waals surface area contributed by atoms with Gasteiger partial charge < -0.3 is 16.0 Å². The molecule has 0 aliphatic rings. The fourth-order valence-electron chi connectivity index (χ4n) is 2.03. The SMILES string of the molecule is CCNC(=O)CN(C)C(=O)C(CN)Cc1ccccc1. The number of nitrogens with one attached hydrogen (secondary N) is 1. The molecule has 1 aromatic carbocycles. The molecule has 0 saturated heterocycles. The first-order valence-electron chi connectivity index (χ1n) is 6.84. The zero-order chi connectivity index (χ0) is 15.0. The molecule has 0 radical (unpaired) electrons. The van der Waals surface area contributed by atoms with Crippen LogP contribution in [0, 0.1) is 5.92 Å². The van der Waals surface area contributed by atoms with Gasteiger partial charge in [-0.3, -0.25) is 9.59 Å². The van der Waals surface area contributed by atoms with Gasteiger partial charge in [-0.25, -0.2) is 0 Å². The first-order chi connectivity index (χ1) is 9.58. The Morgan fingerprint density at radius 3 is 2.50 bits per heavy atom. The summed E-state index contributed by atoms with van der Waals surface area (Å²) in [6.07, 6.45) is 0.593. The lowest BCUT2D eigenvalue weighted by Gasteiger charge is -2.22. The zero-order valence-corrected chi connectivity index (χ0v) is 12.1. The second-order valence-corrected chi connectivity index (χ2v) is 4.77. The van der Waals surface area contributed by atoms with Crippen LogP contribution in [0.3, 0.4) is 0 Å². The number of nitrogens with two attached hydrogens (primary N) is 1. The van der Waals surface area contributed by atoms with Crippen LogP contribution in [-0.2, 0) is 16.0 Å². The number of nitrogens with zero attached hydrogens (tertiary/aromatic N) is 1. The molecule has 5 nitrogen and oxygen atoms in total. The van der Waals surface area contributed by atoms with Gasteiger partial charge in [0.25, 0.3) is 0 Å². The highest BCUT2D eigenvalue weighted by Gasteiger charge is 2.22. The van der Waals surface area contributed by atoms with Crippen LogP contribution >= 0.6 is 0 Å². The van der Waals surface area contributed by atoms with Crippen molar-refractivity contribution in [3.8, 4) is 0 Å². The number of hydrogen-bond donors (Lipinski definition) is 2. The van der Waals surface area contributed by atoms with Gasteiger partial charge in [0.1, 0.15) is 0 Å². The van der Waals surface area contributed by atoms with Crippen LogP contribution < -0.4 is 11.1 Å². The molecule has 20 heavy (non-hydrogen) atoms. The van der Waals surface area contributed by atoms with Gasteiger partial charge in [0, 0.05) is 20.1 Å². The van der Waals surface area contributed by atoms with E-state index in [-0.39, 0.29) is 30.8 Å². The number of hydrogen-bond acceptors (Lipinski definition) is 3. The number of carbonyl (C=O) groups is 2. The summed E-state index contributed by atoms with van der Waals surface area (Å²) in [5.74, 6) is -0.543. The number of amides is 2. The molecule has 2 amide bonds. The van der Waals surface area contributed by atoms with E-state index in [1.54, 1.807) is 7.05 Å². The van der Waals surface area contributed by atoms with Gasteiger partial charge in [0.15, 0.2) is 0 Å². The van der Waals surface area contributed by atoms with Crippen LogP contribution in [0.5, 0.6) is 0 Å². The first-order valence-corrected chi connectivity index (χ1v) is 6.84. The van der Waals surface area contributed by atoms with Crippen molar-refractivity contribution in [3.05, 3.63) is 35.9 Å². The molecule has 0 saturated carbocycles. The Balaban J connectivity index is 2.60. The van der Waals surface area contributed by atoms with Gasteiger partial charge in [-0.05, 0) is 18.9 Å². The van der Waals surface area contributed by atoms with Crippen molar-refractivity contribution in [2.24, 2.45) is 11.7 Å². The fourth-order valence-corrected chi connectivity index (χ4v) is 2.03. The Labute approximate surface area is 120 Å². The summed E-state index contributed by atoms with van der Waals surface area (Å²) in [6.45, 7) is 2.74. The highest BCUT2D eigenvalue weighted by molar-refractivity contribution is 5.85. The van der Waals surface area contributed by atoms with E-state index in [1.807, 2.05) is 37.3 Å². The monoisotopic (exact) mass is 277 g/mol. The minimum Gasteiger partial charge on any atom is -0.355 e. The third-order valence-corrected chi connectivity index (χ3v) is 3.09. The average molecular weight is 277 g/mol. The molecular weight excluding hydrogens is 254 g/mol. The second-order valence-electron chi connectivity index (χ2n) is 4.77. The molecule has 0 heterocycles. The Hall–Kier alpha value is -1.88. The van der Waals surface area contributed by atoms with Crippen molar-refractivity contribution in [1.29, 1.82) is 0 Å². The summed E-state index contributed by atoms with van der Waals surface area (Å²) in [6, 6.07) is 9.75. The molecule has 1 rings (SSSR count). The second kappa shape index (κ2) is 8.32. The molecule has 1 aromatic rings. The van der Waals surface area contributed by atoms with Crippen LogP contribution in [0.25, 0.3) is 0 Å². The summed E-state index contributed by atoms with van der Waals surface area (Å²) in [7, 11) is 1.63. The Bertz CT molecular complexity index is 434. The molecule has 0 fully saturated rings. The van der Waals surface area contributed by atoms with E-state index in [0.717, 1.165) is 5.56 Å². The number of likely N-dealkylation sites (N-methyl/N-ethyl adjacent to an activating group) is 2. The predicted molar refractivity (Wildman–Crippen MR) is 79.0 cm³/mol. The molecule has 0 aromatic heterocycles. The van der Waals surface area contributed by atoms with Gasteiger partial charge >= 0.3 is 0 Å². The lowest BCUT2D eigenvalue weighted by Crippen LogP contribution is -2.43. The van der Waals surface area contributed by atoms with Gasteiger partial charge in [0.05, 0.1) is 12.5 Å². The van der Waals surface area contributed by atoms with Crippen molar-refractivity contribution in [2.45, 2.75) is 13.3 Å². The van der Waals surface area contributed by atoms with Crippen LogP contribution in [0.1, 0.15) is 12.5 Å². The van der Waals surface area contributed by atoms with E-state index < -0.39 is 0 Å². The third-order valence-electron chi connectivity index (χ3n) is 3.09. The van der Waals surface area contributed by atoms with Crippen molar-refractivity contribution < 1.29 is 9.59 Å². The minimum absolute atomic E-state index is 0.0674. The van der Waals surface area contributed by atoms with Crippen LogP contribution in [-0.4, -0.2) is 43.4 Å². The molecule has 0 aliphatic heterocycles. The highest BCUT2D eigenvalue weighted by Crippen LogP contribution is 2.10. The third kappa shape index (κ3) is 5.01. The molecule has 3 N–H and O–H groups in total. The maximum Gasteiger partial charge on any atom is 0.239 e. The normalized spacial score (nSPS) is 11.8. The van der Waals surface area contributed by atoms with Crippen LogP contribution in [0.2, 0.25) is 0 Å². The van der Waals surface area contributed by atoms with Crippen molar-refractivity contribution in [3.63, 3.8) is 0 Å². The fraction of sp³-hybridized carbons (Fsp3) is 0.467. The largest absolute Gasteiger partial charge is 0.355 e. The number of carbonyl (C=O) groups excluding carboxylic acids is 2. The summed E-state index contributed by atoms with van der Waals surface area (Å²) < 4.78 is 0. The van der Waals surface area contributed by atoms with E-state index in [9.17, 15) is 9.59 Å². The maximum atomic E-state index is 12.3. The quantitative estimate of drug-likeness (QED) is 0.757. The molecule has 1 unspecified atom stereocenters. The number of rotatable bonds is 7. The highest BCUT2D eigenvalue weighted by atomic mass is 16.2. The van der Waals surface area contributed by atoms with E-state index in [0.29, 0.717) is 13.0 Å². The van der Waals surface area contributed by atoms with Crippen molar-refractivity contribution in [2.75, 3.05) is 26.7 Å². The summed E-state index contributed by atoms with van der Waals surface area (Å²) in [5, 5.41) is 2.67. The van der Waals surface area contributed by atoms with Crippen LogP contribution in [0.15, 0.2) is 30.3 Å². The predicted octanol–water partition coefficient (Wildman–Crippen LogP) is 0.399. The Morgan fingerprint density at radius 1 is 1.30 bits per heavy atom. The zero-order valence-electron chi connectivity index (χ0n) is 12.1. The van der Waals surface area contributed by atoms with Gasteiger partial charge in [0.2, 0.25) is 11.8 Å². The van der Waals surface area contributed by atoms with Crippen molar-refractivity contribution >= 4 is 11.8 Å². The van der Waals surface area contributed by atoms with E-state index in [4.69, 9.17) is 5.73 Å². The lowest BCUT2D eigenvalue weighted by atomic mass is 9.98. The molecule has 110 valence electrons. The smallest absolute Gasteiger partial charge is 0.239 e. The topological polar surface area (TPSA) is 75.4 Å². The molecule has 0 bridgehead atoms. The van der Waals surface area contributed by atoms with Crippen LogP contribution in [0.4, 0.5) is 0 Å². The summed E-state index contributed by atoms with van der Waals surface area (Å²) in [5.41, 5.74) is 6.77. The van der Waals surface area contributed by atoms with E-state index in [2.05, 4.69) is 5.32 Å². The molecular formula is C15H23N3O2. The molecule has 1 atom stereocenters. The van der Waals surface area contributed by atoms with Gasteiger partial charge in [-0.2, -0.15) is 0 Å². The molecule has 5 heteroatoms. The minimum atomic E-state index is -0.295. The Morgan fingerprint density at radius 2 is 1.95 bits per heavy atom. The Kier molecular flexibility index (Phi) is 6.73. The summed E-state index contributed by atoms with van der Waals surface area (Å²) >= 11 is 0. The molecule has 0 aliphatic carbocycles. The maximum absolute atomic E-state index is 12.3. The number of benzene rings is 1. The molecule has 0 spiro atoms. The lowest BCUT2D eigenvalue weighted by molar-refractivity contribution is -0.137. The van der Waals surface area contributed by atoms with Gasteiger partial charge in [-0.15, -0.1) is 0 Å². The standard InChI is InChI=1S/C15H23N3O2/c1-3-17-14(19)11-18(2)15(20)13(10-16)9-12-7-5-4-6-8-12/h4-8,13H,3,9-11,16H2,1-2H3,(H,17,19). The van der Waals surface area contributed by atoms with Gasteiger partial charge in [-0.1, -0.05) is 30.3 Å². The average Bonchev–Trinajstić information content (AvgIpc) is 2.45.